The molecule has 35 heavy (non-hydrogen) atoms. The van der Waals surface area contributed by atoms with Crippen LogP contribution >= 0.6 is 0 Å². The van der Waals surface area contributed by atoms with Crippen LogP contribution in [0.15, 0.2) is 72.9 Å². The van der Waals surface area contributed by atoms with Gasteiger partial charge in [-0.25, -0.2) is 4.98 Å². The van der Waals surface area contributed by atoms with E-state index in [1.807, 2.05) is 42.5 Å². The van der Waals surface area contributed by atoms with Crippen molar-refractivity contribution in [1.82, 2.24) is 15.2 Å². The van der Waals surface area contributed by atoms with Gasteiger partial charge in [0.25, 0.3) is 5.91 Å². The van der Waals surface area contributed by atoms with Gasteiger partial charge in [-0.05, 0) is 41.8 Å². The fourth-order valence-corrected chi connectivity index (χ4v) is 3.90. The first-order valence-electron chi connectivity index (χ1n) is 11.5. The molecule has 2 heterocycles. The van der Waals surface area contributed by atoms with Gasteiger partial charge in [-0.2, -0.15) is 5.26 Å². The highest BCUT2D eigenvalue weighted by molar-refractivity contribution is 5.94. The largest absolute Gasteiger partial charge is 0.479 e. The van der Waals surface area contributed by atoms with Crippen LogP contribution in [0.25, 0.3) is 0 Å². The third-order valence-electron chi connectivity index (χ3n) is 5.88. The molecule has 0 aliphatic carbocycles. The standard InChI is InChI=1S/C27H27N5O3/c1-32-16-14-23(27(32)34)35-22-11-12-24(30-18-22)31-26(33)25(21-5-3-2-4-6-21)29-15-13-19-7-9-20(17-28)10-8-19/h2-12,18,23,25,29H,13-16H2,1H3,(H,30,31,33)/t23-,25+/m0/s1. The molecule has 1 aliphatic rings. The molecule has 2 amide bonds. The van der Waals surface area contributed by atoms with Gasteiger partial charge in [0.15, 0.2) is 6.10 Å². The third kappa shape index (κ3) is 6.22. The Labute approximate surface area is 204 Å². The number of hydrogen-bond donors (Lipinski definition) is 2. The number of amides is 2. The zero-order valence-corrected chi connectivity index (χ0v) is 19.5. The molecule has 0 spiro atoms. The van der Waals surface area contributed by atoms with Crippen molar-refractivity contribution >= 4 is 17.6 Å². The van der Waals surface area contributed by atoms with Gasteiger partial charge in [0.2, 0.25) is 5.91 Å². The van der Waals surface area contributed by atoms with Crippen LogP contribution in [0.2, 0.25) is 0 Å². The highest BCUT2D eigenvalue weighted by Crippen LogP contribution is 2.20. The van der Waals surface area contributed by atoms with E-state index in [4.69, 9.17) is 10.00 Å². The molecule has 1 fully saturated rings. The number of anilines is 1. The number of carbonyl (C=O) groups is 2. The summed E-state index contributed by atoms with van der Waals surface area (Å²) in [5.74, 6) is 0.605. The average Bonchev–Trinajstić information content (AvgIpc) is 3.20. The molecule has 0 radical (unpaired) electrons. The fourth-order valence-electron chi connectivity index (χ4n) is 3.90. The van der Waals surface area contributed by atoms with Gasteiger partial charge in [-0.1, -0.05) is 42.5 Å². The Morgan fingerprint density at radius 2 is 1.94 bits per heavy atom. The van der Waals surface area contributed by atoms with Gasteiger partial charge in [-0.15, -0.1) is 0 Å². The molecular weight excluding hydrogens is 442 g/mol. The maximum absolute atomic E-state index is 13.2. The summed E-state index contributed by atoms with van der Waals surface area (Å²) in [7, 11) is 1.75. The zero-order valence-electron chi connectivity index (χ0n) is 19.5. The Bertz CT molecular complexity index is 1190. The van der Waals surface area contributed by atoms with Gasteiger partial charge in [0.1, 0.15) is 17.6 Å². The summed E-state index contributed by atoms with van der Waals surface area (Å²) in [6, 6.07) is 21.8. The van der Waals surface area contributed by atoms with E-state index in [0.29, 0.717) is 43.1 Å². The van der Waals surface area contributed by atoms with Crippen molar-refractivity contribution in [2.45, 2.75) is 25.0 Å². The molecule has 2 atom stereocenters. The van der Waals surface area contributed by atoms with Crippen LogP contribution in [0.1, 0.15) is 29.2 Å². The van der Waals surface area contributed by atoms with E-state index in [1.54, 1.807) is 36.2 Å². The predicted molar refractivity (Wildman–Crippen MR) is 132 cm³/mol. The number of likely N-dealkylation sites (N-methyl/N-ethyl adjacent to an activating group) is 1. The molecular formula is C27H27N5O3. The zero-order chi connectivity index (χ0) is 24.6. The molecule has 0 saturated carbocycles. The lowest BCUT2D eigenvalue weighted by molar-refractivity contribution is -0.132. The summed E-state index contributed by atoms with van der Waals surface area (Å²) in [6.45, 7) is 1.24. The normalized spacial score (nSPS) is 15.9. The number of carbonyl (C=O) groups excluding carboxylic acids is 2. The summed E-state index contributed by atoms with van der Waals surface area (Å²) in [4.78, 5) is 31.1. The van der Waals surface area contributed by atoms with Crippen molar-refractivity contribution in [3.8, 4) is 11.8 Å². The first-order valence-corrected chi connectivity index (χ1v) is 11.5. The monoisotopic (exact) mass is 469 g/mol. The Morgan fingerprint density at radius 3 is 2.57 bits per heavy atom. The van der Waals surface area contributed by atoms with Gasteiger partial charge < -0.3 is 20.3 Å². The summed E-state index contributed by atoms with van der Waals surface area (Å²) in [5, 5.41) is 15.1. The summed E-state index contributed by atoms with van der Waals surface area (Å²) < 4.78 is 5.75. The minimum atomic E-state index is -0.570. The van der Waals surface area contributed by atoms with E-state index in [-0.39, 0.29) is 11.8 Å². The molecule has 0 bridgehead atoms. The second kappa shape index (κ2) is 11.3. The van der Waals surface area contributed by atoms with Crippen LogP contribution in [-0.2, 0) is 16.0 Å². The molecule has 8 nitrogen and oxygen atoms in total. The summed E-state index contributed by atoms with van der Waals surface area (Å²) in [5.41, 5.74) is 2.54. The number of nitrogens with zero attached hydrogens (tertiary/aromatic N) is 3. The van der Waals surface area contributed by atoms with E-state index in [2.05, 4.69) is 21.7 Å². The molecule has 0 unspecified atom stereocenters. The molecule has 3 aromatic rings. The number of rotatable bonds is 9. The molecule has 4 rings (SSSR count). The molecule has 2 aromatic carbocycles. The Balaban J connectivity index is 1.37. The van der Waals surface area contributed by atoms with E-state index in [9.17, 15) is 9.59 Å². The minimum absolute atomic E-state index is 0.0415. The number of nitriles is 1. The van der Waals surface area contributed by atoms with E-state index >= 15 is 0 Å². The van der Waals surface area contributed by atoms with E-state index < -0.39 is 12.1 Å². The maximum Gasteiger partial charge on any atom is 0.263 e. The number of ether oxygens (including phenoxy) is 1. The first-order chi connectivity index (χ1) is 17.0. The number of likely N-dealkylation sites (tertiary alicyclic amines) is 1. The number of aromatic nitrogens is 1. The molecule has 1 aromatic heterocycles. The highest BCUT2D eigenvalue weighted by Gasteiger charge is 2.30. The fraction of sp³-hybridized carbons (Fsp3) is 0.259. The van der Waals surface area contributed by atoms with E-state index in [1.165, 1.54) is 6.20 Å². The number of nitrogens with one attached hydrogen (secondary N) is 2. The second-order valence-corrected chi connectivity index (χ2v) is 8.38. The highest BCUT2D eigenvalue weighted by atomic mass is 16.5. The molecule has 1 aliphatic heterocycles. The van der Waals surface area contributed by atoms with Crippen LogP contribution in [0.3, 0.4) is 0 Å². The third-order valence-corrected chi connectivity index (χ3v) is 5.88. The Morgan fingerprint density at radius 1 is 1.17 bits per heavy atom. The number of benzene rings is 2. The maximum atomic E-state index is 13.2. The van der Waals surface area contributed by atoms with Crippen LogP contribution in [0.4, 0.5) is 5.82 Å². The Kier molecular flexibility index (Phi) is 7.70. The topological polar surface area (TPSA) is 107 Å². The molecule has 1 saturated heterocycles. The molecule has 8 heteroatoms. The summed E-state index contributed by atoms with van der Waals surface area (Å²) in [6.07, 6.45) is 2.37. The quantitative estimate of drug-likeness (QED) is 0.499. The van der Waals surface area contributed by atoms with Crippen molar-refractivity contribution in [3.05, 3.63) is 89.6 Å². The van der Waals surface area contributed by atoms with Crippen LogP contribution in [0, 0.1) is 11.3 Å². The van der Waals surface area contributed by atoms with Crippen LogP contribution in [0.5, 0.6) is 5.75 Å². The van der Waals surface area contributed by atoms with Gasteiger partial charge in [-0.3, -0.25) is 9.59 Å². The summed E-state index contributed by atoms with van der Waals surface area (Å²) >= 11 is 0. The van der Waals surface area contributed by atoms with Crippen molar-refractivity contribution < 1.29 is 14.3 Å². The van der Waals surface area contributed by atoms with Gasteiger partial charge >= 0.3 is 0 Å². The second-order valence-electron chi connectivity index (χ2n) is 8.38. The molecule has 178 valence electrons. The van der Waals surface area contributed by atoms with Gasteiger partial charge in [0.05, 0.1) is 17.8 Å². The number of hydrogen-bond acceptors (Lipinski definition) is 6. The van der Waals surface area contributed by atoms with Crippen LogP contribution in [-0.4, -0.2) is 47.9 Å². The lowest BCUT2D eigenvalue weighted by Crippen LogP contribution is -2.34. The van der Waals surface area contributed by atoms with Crippen molar-refractivity contribution in [1.29, 1.82) is 5.26 Å². The van der Waals surface area contributed by atoms with Crippen molar-refractivity contribution in [2.75, 3.05) is 25.5 Å². The van der Waals surface area contributed by atoms with Crippen molar-refractivity contribution in [2.24, 2.45) is 0 Å². The molecule has 2 N–H and O–H groups in total. The minimum Gasteiger partial charge on any atom is -0.479 e. The van der Waals surface area contributed by atoms with Crippen molar-refractivity contribution in [3.63, 3.8) is 0 Å². The van der Waals surface area contributed by atoms with Crippen LogP contribution < -0.4 is 15.4 Å². The van der Waals surface area contributed by atoms with E-state index in [0.717, 1.165) is 11.1 Å². The lowest BCUT2D eigenvalue weighted by atomic mass is 10.1. The lowest BCUT2D eigenvalue weighted by Gasteiger charge is -2.19. The SMILES string of the molecule is CN1CC[C@H](Oc2ccc(NC(=O)[C@H](NCCc3ccc(C#N)cc3)c3ccccc3)nc2)C1=O. The smallest absolute Gasteiger partial charge is 0.263 e. The average molecular weight is 470 g/mol. The Hall–Kier alpha value is -4.22. The van der Waals surface area contributed by atoms with Gasteiger partial charge in [0, 0.05) is 26.6 Å². The predicted octanol–water partition coefficient (Wildman–Crippen LogP) is 3.07. The number of pyridine rings is 1. The first kappa shape index (κ1) is 23.9.